The molecule has 27 heavy (non-hydrogen) atoms. The zero-order chi connectivity index (χ0) is 19.4. The molecule has 1 aromatic carbocycles. The molecule has 144 valence electrons. The van der Waals surface area contributed by atoms with Gasteiger partial charge < -0.3 is 10.0 Å². The summed E-state index contributed by atoms with van der Waals surface area (Å²) in [6, 6.07) is 9.00. The van der Waals surface area contributed by atoms with E-state index in [0.29, 0.717) is 22.2 Å². The van der Waals surface area contributed by atoms with E-state index >= 15 is 0 Å². The van der Waals surface area contributed by atoms with Gasteiger partial charge in [0.1, 0.15) is 10.4 Å². The summed E-state index contributed by atoms with van der Waals surface area (Å²) in [6.45, 7) is 2.47. The minimum atomic E-state index is -0.640. The van der Waals surface area contributed by atoms with Crippen LogP contribution >= 0.6 is 24.0 Å². The molecule has 2 fully saturated rings. The number of hydrogen-bond donors (Lipinski definition) is 1. The maximum atomic E-state index is 13.1. The molecule has 2 amide bonds. The van der Waals surface area contributed by atoms with Crippen molar-refractivity contribution in [3.8, 4) is 0 Å². The van der Waals surface area contributed by atoms with Crippen molar-refractivity contribution in [2.45, 2.75) is 44.7 Å². The Morgan fingerprint density at radius 1 is 1.37 bits per heavy atom. The van der Waals surface area contributed by atoms with Crippen LogP contribution in [-0.2, 0) is 9.59 Å². The topological polar surface area (TPSA) is 60.9 Å². The number of likely N-dealkylation sites (tertiary alicyclic amines) is 1. The molecule has 7 heteroatoms. The van der Waals surface area contributed by atoms with Crippen LogP contribution in [0.25, 0.3) is 6.08 Å². The van der Waals surface area contributed by atoms with E-state index in [-0.39, 0.29) is 24.5 Å². The number of aliphatic hydroxyl groups is 1. The Hall–Kier alpha value is -1.70. The van der Waals surface area contributed by atoms with Crippen molar-refractivity contribution in [1.29, 1.82) is 0 Å². The highest BCUT2D eigenvalue weighted by Crippen LogP contribution is 2.34. The van der Waals surface area contributed by atoms with Gasteiger partial charge in [-0.05, 0) is 44.2 Å². The summed E-state index contributed by atoms with van der Waals surface area (Å²) in [5.41, 5.74) is 0.927. The molecule has 0 aliphatic carbocycles. The molecule has 2 atom stereocenters. The van der Waals surface area contributed by atoms with Crippen molar-refractivity contribution in [1.82, 2.24) is 9.80 Å². The molecule has 5 nitrogen and oxygen atoms in total. The summed E-state index contributed by atoms with van der Waals surface area (Å²) in [4.78, 5) is 29.8. The fourth-order valence-electron chi connectivity index (χ4n) is 3.60. The molecule has 2 aliphatic rings. The number of hydrogen-bond acceptors (Lipinski definition) is 5. The lowest BCUT2D eigenvalue weighted by Gasteiger charge is -2.38. The molecule has 0 aromatic heterocycles. The molecule has 3 rings (SSSR count). The van der Waals surface area contributed by atoms with E-state index in [1.165, 1.54) is 16.7 Å². The summed E-state index contributed by atoms with van der Waals surface area (Å²) in [6.07, 6.45) is 5.29. The van der Waals surface area contributed by atoms with Crippen molar-refractivity contribution >= 4 is 46.2 Å². The molecular formula is C20H24N2O3S2. The van der Waals surface area contributed by atoms with Crippen LogP contribution < -0.4 is 0 Å². The predicted octanol–water partition coefficient (Wildman–Crippen LogP) is 3.04. The highest BCUT2D eigenvalue weighted by atomic mass is 32.2. The largest absolute Gasteiger partial charge is 0.396 e. The van der Waals surface area contributed by atoms with E-state index in [4.69, 9.17) is 12.2 Å². The lowest BCUT2D eigenvalue weighted by atomic mass is 9.98. The average Bonchev–Trinajstić information content (AvgIpc) is 2.95. The molecule has 0 spiro atoms. The number of nitrogens with zero attached hydrogens (tertiary/aromatic N) is 2. The van der Waals surface area contributed by atoms with Gasteiger partial charge in [0.25, 0.3) is 5.91 Å². The fraction of sp³-hybridized carbons (Fsp3) is 0.450. The van der Waals surface area contributed by atoms with E-state index < -0.39 is 6.04 Å². The van der Waals surface area contributed by atoms with E-state index in [9.17, 15) is 14.7 Å². The number of carbonyl (C=O) groups is 2. The Balaban J connectivity index is 1.76. The van der Waals surface area contributed by atoms with Gasteiger partial charge in [-0.15, -0.1) is 0 Å². The number of amides is 2. The van der Waals surface area contributed by atoms with Crippen molar-refractivity contribution < 1.29 is 14.7 Å². The van der Waals surface area contributed by atoms with Crippen molar-refractivity contribution in [3.63, 3.8) is 0 Å². The van der Waals surface area contributed by atoms with Crippen LogP contribution in [0.15, 0.2) is 35.2 Å². The van der Waals surface area contributed by atoms with E-state index in [2.05, 4.69) is 0 Å². The third kappa shape index (κ3) is 4.42. The van der Waals surface area contributed by atoms with Gasteiger partial charge >= 0.3 is 0 Å². The zero-order valence-corrected chi connectivity index (χ0v) is 17.0. The molecule has 1 N–H and O–H groups in total. The van der Waals surface area contributed by atoms with Crippen LogP contribution in [0.2, 0.25) is 0 Å². The molecule has 0 bridgehead atoms. The summed E-state index contributed by atoms with van der Waals surface area (Å²) in [7, 11) is 0. The molecule has 0 radical (unpaired) electrons. The number of aliphatic hydroxyl groups excluding tert-OH is 1. The average molecular weight is 405 g/mol. The van der Waals surface area contributed by atoms with Crippen LogP contribution in [0.1, 0.15) is 38.2 Å². The van der Waals surface area contributed by atoms with E-state index in [1.54, 1.807) is 6.92 Å². The van der Waals surface area contributed by atoms with Gasteiger partial charge in [-0.2, -0.15) is 0 Å². The minimum Gasteiger partial charge on any atom is -0.396 e. The Kier molecular flexibility index (Phi) is 6.68. The lowest BCUT2D eigenvalue weighted by molar-refractivity contribution is -0.142. The van der Waals surface area contributed by atoms with Crippen molar-refractivity contribution in [2.75, 3.05) is 13.2 Å². The van der Waals surface area contributed by atoms with Gasteiger partial charge in [-0.1, -0.05) is 54.3 Å². The molecule has 0 saturated carbocycles. The number of benzene rings is 1. The third-order valence-corrected chi connectivity index (χ3v) is 6.37. The first-order chi connectivity index (χ1) is 13.0. The Morgan fingerprint density at radius 3 is 2.81 bits per heavy atom. The van der Waals surface area contributed by atoms with Gasteiger partial charge in [0, 0.05) is 19.2 Å². The maximum absolute atomic E-state index is 13.1. The molecule has 1 aromatic rings. The first-order valence-corrected chi connectivity index (χ1v) is 10.5. The van der Waals surface area contributed by atoms with E-state index in [1.807, 2.05) is 41.3 Å². The highest BCUT2D eigenvalue weighted by Gasteiger charge is 2.40. The monoisotopic (exact) mass is 404 g/mol. The summed E-state index contributed by atoms with van der Waals surface area (Å²) in [5, 5.41) is 9.29. The van der Waals surface area contributed by atoms with Crippen LogP contribution in [0.5, 0.6) is 0 Å². The Morgan fingerprint density at radius 2 is 2.11 bits per heavy atom. The number of rotatable bonds is 5. The molecule has 2 aliphatic heterocycles. The summed E-state index contributed by atoms with van der Waals surface area (Å²) >= 11 is 6.64. The second kappa shape index (κ2) is 8.99. The lowest BCUT2D eigenvalue weighted by Crippen LogP contribution is -2.53. The third-order valence-electron chi connectivity index (χ3n) is 5.04. The zero-order valence-electron chi connectivity index (χ0n) is 15.3. The number of piperidine rings is 1. The predicted molar refractivity (Wildman–Crippen MR) is 112 cm³/mol. The second-order valence-electron chi connectivity index (χ2n) is 6.83. The van der Waals surface area contributed by atoms with Crippen LogP contribution in [0.3, 0.4) is 0 Å². The minimum absolute atomic E-state index is 0.0389. The van der Waals surface area contributed by atoms with Crippen molar-refractivity contribution in [2.24, 2.45) is 0 Å². The first-order valence-electron chi connectivity index (χ1n) is 9.26. The smallest absolute Gasteiger partial charge is 0.266 e. The van der Waals surface area contributed by atoms with Crippen LogP contribution in [-0.4, -0.2) is 56.3 Å². The van der Waals surface area contributed by atoms with Crippen LogP contribution in [0.4, 0.5) is 0 Å². The standard InChI is InChI=1S/C20H24N2O3S2/c1-14(18(24)21-11-6-5-9-16(21)10-12-23)22-19(25)17(27-20(22)26)13-15-7-3-2-4-8-15/h2-4,7-8,13-14,16,23H,5-6,9-12H2,1H3/b17-13-. The van der Waals surface area contributed by atoms with Gasteiger partial charge in [0.2, 0.25) is 5.91 Å². The quantitative estimate of drug-likeness (QED) is 0.604. The van der Waals surface area contributed by atoms with Gasteiger partial charge in [0.05, 0.1) is 4.91 Å². The second-order valence-corrected chi connectivity index (χ2v) is 8.51. The molecule has 2 unspecified atom stereocenters. The first kappa shape index (κ1) is 20.0. The van der Waals surface area contributed by atoms with E-state index in [0.717, 1.165) is 24.8 Å². The van der Waals surface area contributed by atoms with Gasteiger partial charge in [0.15, 0.2) is 0 Å². The Bertz CT molecular complexity index is 749. The van der Waals surface area contributed by atoms with Crippen LogP contribution in [0, 0.1) is 0 Å². The van der Waals surface area contributed by atoms with Crippen molar-refractivity contribution in [3.05, 3.63) is 40.8 Å². The van der Waals surface area contributed by atoms with Gasteiger partial charge in [-0.3, -0.25) is 14.5 Å². The molecule has 2 heterocycles. The number of carbonyl (C=O) groups excluding carboxylic acids is 2. The summed E-state index contributed by atoms with van der Waals surface area (Å²) < 4.78 is 0.416. The number of thioether (sulfide) groups is 1. The SMILES string of the molecule is CC(C(=O)N1CCCCC1CCO)N1C(=O)/C(=C/c2ccccc2)SC1=S. The van der Waals surface area contributed by atoms with Gasteiger partial charge in [-0.25, -0.2) is 0 Å². The number of thiocarbonyl (C=S) groups is 1. The highest BCUT2D eigenvalue weighted by molar-refractivity contribution is 8.26. The Labute approximate surface area is 169 Å². The normalized spacial score (nSPS) is 23.2. The molecule has 2 saturated heterocycles. The maximum Gasteiger partial charge on any atom is 0.266 e. The summed E-state index contributed by atoms with van der Waals surface area (Å²) in [5.74, 6) is -0.309. The fourth-order valence-corrected chi connectivity index (χ4v) is 5.02. The molecular weight excluding hydrogens is 380 g/mol.